The van der Waals surface area contributed by atoms with Gasteiger partial charge in [-0.25, -0.2) is 0 Å². The fourth-order valence-corrected chi connectivity index (χ4v) is 1.53. The zero-order valence-electron chi connectivity index (χ0n) is 8.53. The molecule has 0 saturated carbocycles. The maximum Gasteiger partial charge on any atom is -1.00 e. The Bertz CT molecular complexity index is 45.4. The molecule has 0 aromatic heterocycles. The molecule has 0 rings (SSSR count). The van der Waals surface area contributed by atoms with Crippen LogP contribution in [-0.4, -0.2) is 18.6 Å². The van der Waals surface area contributed by atoms with Crippen LogP contribution in [0.5, 0.6) is 0 Å². The average molecular weight is 185 g/mol. The van der Waals surface area contributed by atoms with E-state index in [-0.39, 0.29) is 2.85 Å². The molecule has 0 N–H and O–H groups in total. The summed E-state index contributed by atoms with van der Waals surface area (Å²) in [5.41, 5.74) is 0. The van der Waals surface area contributed by atoms with Crippen LogP contribution in [0.3, 0.4) is 0 Å². The molecule has 0 aromatic carbocycles. The number of rotatable bonds is 6. The van der Waals surface area contributed by atoms with Crippen molar-refractivity contribution in [3.8, 4) is 0 Å². The van der Waals surface area contributed by atoms with Crippen LogP contribution < -0.4 is 0 Å². The molecule has 0 aliphatic rings. The van der Waals surface area contributed by atoms with Crippen LogP contribution in [-0.2, 0) is 0 Å². The fourth-order valence-electron chi connectivity index (χ4n) is 0.925. The molecule has 1 heteroatoms. The molecule has 0 bridgehead atoms. The van der Waals surface area contributed by atoms with Gasteiger partial charge in [-0.1, -0.05) is 0 Å². The SMILES string of the molecule is CCCCCCC[CH2][Ga].[H-].[H-]. The number of hydrogen-bond donors (Lipinski definition) is 0. The Morgan fingerprint density at radius 3 is 2.11 bits per heavy atom. The van der Waals surface area contributed by atoms with E-state index in [0.29, 0.717) is 0 Å². The van der Waals surface area contributed by atoms with E-state index in [4.69, 9.17) is 0 Å². The van der Waals surface area contributed by atoms with Gasteiger partial charge in [0.15, 0.2) is 0 Å². The minimum atomic E-state index is 0. The largest absolute Gasteiger partial charge is 1.00 e. The summed E-state index contributed by atoms with van der Waals surface area (Å²) in [6.07, 6.45) is 8.67. The van der Waals surface area contributed by atoms with Gasteiger partial charge in [-0.3, -0.25) is 0 Å². The molecule has 0 aliphatic carbocycles. The summed E-state index contributed by atoms with van der Waals surface area (Å²) in [4.78, 5) is 1.43. The molecule has 0 amide bonds. The van der Waals surface area contributed by atoms with Crippen molar-refractivity contribution in [1.82, 2.24) is 0 Å². The second-order valence-electron chi connectivity index (χ2n) is 2.56. The van der Waals surface area contributed by atoms with E-state index in [9.17, 15) is 0 Å². The Morgan fingerprint density at radius 2 is 1.56 bits per heavy atom. The normalized spacial score (nSPS) is 9.89. The molecule has 0 nitrogen and oxygen atoms in total. The quantitative estimate of drug-likeness (QED) is 0.440. The molecule has 2 radical (unpaired) electrons. The Kier molecular flexibility index (Phi) is 9.25. The Hall–Kier alpha value is 0.636. The van der Waals surface area contributed by atoms with Gasteiger partial charge in [0.1, 0.15) is 0 Å². The van der Waals surface area contributed by atoms with Crippen molar-refractivity contribution in [3.63, 3.8) is 0 Å². The first-order chi connectivity index (χ1) is 4.41. The van der Waals surface area contributed by atoms with E-state index < -0.39 is 0 Å². The Morgan fingerprint density at radius 1 is 1.00 bits per heavy atom. The number of unbranched alkanes of at least 4 members (excludes halogenated alkanes) is 5. The third-order valence-corrected chi connectivity index (χ3v) is 2.41. The fraction of sp³-hybridized carbons (Fsp3) is 1.00. The maximum absolute atomic E-state index is 2.27. The van der Waals surface area contributed by atoms with Crippen LogP contribution in [0.2, 0.25) is 4.98 Å². The van der Waals surface area contributed by atoms with Gasteiger partial charge in [0, 0.05) is 0 Å². The van der Waals surface area contributed by atoms with E-state index in [0.717, 1.165) is 0 Å². The summed E-state index contributed by atoms with van der Waals surface area (Å²) < 4.78 is 0. The van der Waals surface area contributed by atoms with Crippen LogP contribution in [0.4, 0.5) is 0 Å². The summed E-state index contributed by atoms with van der Waals surface area (Å²) in [6, 6.07) is 0. The molecule has 0 aliphatic heterocycles. The summed E-state index contributed by atoms with van der Waals surface area (Å²) in [7, 11) is 0. The van der Waals surface area contributed by atoms with Crippen molar-refractivity contribution in [1.29, 1.82) is 0 Å². The van der Waals surface area contributed by atoms with E-state index in [1.807, 2.05) is 18.6 Å². The van der Waals surface area contributed by atoms with Crippen molar-refractivity contribution < 1.29 is 2.85 Å². The smallest absolute Gasteiger partial charge is 1.00 e. The van der Waals surface area contributed by atoms with Crippen LogP contribution >= 0.6 is 0 Å². The van der Waals surface area contributed by atoms with Gasteiger partial charge in [0.05, 0.1) is 0 Å². The van der Waals surface area contributed by atoms with Gasteiger partial charge in [-0.15, -0.1) is 0 Å². The van der Waals surface area contributed by atoms with Gasteiger partial charge >= 0.3 is 69.0 Å². The van der Waals surface area contributed by atoms with Crippen molar-refractivity contribution in [2.75, 3.05) is 0 Å². The van der Waals surface area contributed by atoms with Gasteiger partial charge in [0.2, 0.25) is 0 Å². The molecule has 0 spiro atoms. The zero-order valence-corrected chi connectivity index (χ0v) is 8.95. The third kappa shape index (κ3) is 8.64. The topological polar surface area (TPSA) is 0 Å². The average Bonchev–Trinajstić information content (AvgIpc) is 1.89. The number of hydrogen-bond acceptors (Lipinski definition) is 0. The molecular formula is C8H19Ga-2. The van der Waals surface area contributed by atoms with Gasteiger partial charge in [-0.05, 0) is 0 Å². The van der Waals surface area contributed by atoms with Gasteiger partial charge in [-0.2, -0.15) is 0 Å². The Labute approximate surface area is 72.3 Å². The zero-order chi connectivity index (χ0) is 6.95. The van der Waals surface area contributed by atoms with Crippen molar-refractivity contribution in [2.45, 2.75) is 50.4 Å². The molecule has 0 unspecified atom stereocenters. The molecule has 0 heterocycles. The van der Waals surface area contributed by atoms with E-state index >= 15 is 0 Å². The van der Waals surface area contributed by atoms with Crippen LogP contribution in [0.15, 0.2) is 0 Å². The summed E-state index contributed by atoms with van der Waals surface area (Å²) in [5.74, 6) is 0. The predicted octanol–water partition coefficient (Wildman–Crippen LogP) is 3.16. The van der Waals surface area contributed by atoms with Crippen LogP contribution in [0, 0.1) is 0 Å². The second-order valence-corrected chi connectivity index (χ2v) is 3.77. The van der Waals surface area contributed by atoms with Crippen molar-refractivity contribution >= 4 is 18.6 Å². The van der Waals surface area contributed by atoms with Crippen molar-refractivity contribution in [2.24, 2.45) is 0 Å². The van der Waals surface area contributed by atoms with E-state index in [1.165, 1.54) is 43.5 Å². The molecule has 0 fully saturated rings. The molecule has 0 saturated heterocycles. The molecule has 0 atom stereocenters. The first-order valence-corrected chi connectivity index (χ1v) is 5.83. The predicted molar refractivity (Wildman–Crippen MR) is 46.2 cm³/mol. The first-order valence-electron chi connectivity index (χ1n) is 4.12. The summed E-state index contributed by atoms with van der Waals surface area (Å²) in [5, 5.41) is 0. The van der Waals surface area contributed by atoms with E-state index in [1.54, 1.807) is 0 Å². The minimum Gasteiger partial charge on any atom is -1.00 e. The van der Waals surface area contributed by atoms with Gasteiger partial charge < -0.3 is 2.85 Å². The standard InChI is InChI=1S/C8H17.Ga.2H/c1-3-5-7-8-6-4-2;;;/h1,3-8H2,2H3;;;/q;;2*-1. The van der Waals surface area contributed by atoms with Gasteiger partial charge in [0.25, 0.3) is 0 Å². The van der Waals surface area contributed by atoms with Crippen LogP contribution in [0.25, 0.3) is 0 Å². The molecule has 9 heavy (non-hydrogen) atoms. The second kappa shape index (κ2) is 8.64. The van der Waals surface area contributed by atoms with E-state index in [2.05, 4.69) is 6.92 Å². The summed E-state index contributed by atoms with van der Waals surface area (Å²) in [6.45, 7) is 2.27. The molecule has 0 aromatic rings. The Balaban J connectivity index is -0.000000320. The molecular weight excluding hydrogens is 166 g/mol. The van der Waals surface area contributed by atoms with Crippen LogP contribution in [0.1, 0.15) is 48.3 Å². The summed E-state index contributed by atoms with van der Waals surface area (Å²) >= 11 is 1.88. The maximum atomic E-state index is 2.27. The van der Waals surface area contributed by atoms with Crippen molar-refractivity contribution in [3.05, 3.63) is 0 Å². The third-order valence-electron chi connectivity index (χ3n) is 1.56. The minimum absolute atomic E-state index is 0. The first kappa shape index (κ1) is 9.64. The monoisotopic (exact) mass is 184 g/mol. The molecule has 56 valence electrons.